The summed E-state index contributed by atoms with van der Waals surface area (Å²) >= 11 is 1.56. The van der Waals surface area contributed by atoms with Crippen LogP contribution in [0.5, 0.6) is 5.75 Å². The standard InChI is InChI=1S/C18H17NO3S/c19-12-13-5-7-15(8-6-13)21-9-10-22-18(20)17-11-14-3-1-2-4-16(14)23-17/h5-8,11H,1-4,9-10H2. The summed E-state index contributed by atoms with van der Waals surface area (Å²) in [7, 11) is 0. The number of ether oxygens (including phenoxy) is 2. The Morgan fingerprint density at radius 2 is 1.96 bits per heavy atom. The Labute approximate surface area is 139 Å². The van der Waals surface area contributed by atoms with Crippen molar-refractivity contribution in [2.24, 2.45) is 0 Å². The number of fused-ring (bicyclic) bond motifs is 1. The van der Waals surface area contributed by atoms with E-state index >= 15 is 0 Å². The van der Waals surface area contributed by atoms with Crippen LogP contribution in [0, 0.1) is 11.3 Å². The third-order valence-electron chi connectivity index (χ3n) is 3.77. The zero-order chi connectivity index (χ0) is 16.1. The number of aryl methyl sites for hydroxylation is 2. The van der Waals surface area contributed by atoms with Gasteiger partial charge in [-0.05, 0) is 61.6 Å². The first kappa shape index (κ1) is 15.6. The molecule has 0 fully saturated rings. The van der Waals surface area contributed by atoms with E-state index in [0.29, 0.717) is 22.8 Å². The fraction of sp³-hybridized carbons (Fsp3) is 0.333. The molecule has 0 atom stereocenters. The van der Waals surface area contributed by atoms with Gasteiger partial charge >= 0.3 is 5.97 Å². The molecule has 0 N–H and O–H groups in total. The van der Waals surface area contributed by atoms with Crippen LogP contribution >= 0.6 is 11.3 Å². The second-order valence-electron chi connectivity index (χ2n) is 5.39. The van der Waals surface area contributed by atoms with Crippen LogP contribution in [0.3, 0.4) is 0 Å². The number of benzene rings is 1. The summed E-state index contributed by atoms with van der Waals surface area (Å²) in [5.74, 6) is 0.388. The third-order valence-corrected chi connectivity index (χ3v) is 4.98. The smallest absolute Gasteiger partial charge is 0.348 e. The Bertz CT molecular complexity index is 704. The molecule has 0 spiro atoms. The van der Waals surface area contributed by atoms with Gasteiger partial charge in [0, 0.05) is 4.88 Å². The third kappa shape index (κ3) is 3.91. The van der Waals surface area contributed by atoms with Crippen molar-refractivity contribution >= 4 is 17.3 Å². The maximum atomic E-state index is 12.1. The molecule has 5 heteroatoms. The largest absolute Gasteiger partial charge is 0.490 e. The van der Waals surface area contributed by atoms with Gasteiger partial charge in [0.05, 0.1) is 11.6 Å². The van der Waals surface area contributed by atoms with Crippen LogP contribution in [0.15, 0.2) is 30.3 Å². The Hall–Kier alpha value is -2.32. The highest BCUT2D eigenvalue weighted by Gasteiger charge is 2.18. The number of nitrogens with zero attached hydrogens (tertiary/aromatic N) is 1. The lowest BCUT2D eigenvalue weighted by molar-refractivity contribution is 0.0456. The van der Waals surface area contributed by atoms with Gasteiger partial charge in [-0.1, -0.05) is 0 Å². The van der Waals surface area contributed by atoms with Crippen LogP contribution in [0.4, 0.5) is 0 Å². The normalized spacial score (nSPS) is 13.0. The van der Waals surface area contributed by atoms with Gasteiger partial charge in [-0.25, -0.2) is 4.79 Å². The van der Waals surface area contributed by atoms with Gasteiger partial charge < -0.3 is 9.47 Å². The number of thiophene rings is 1. The predicted molar refractivity (Wildman–Crippen MR) is 87.9 cm³/mol. The molecule has 3 rings (SSSR count). The summed E-state index contributed by atoms with van der Waals surface area (Å²) in [5, 5.41) is 8.73. The van der Waals surface area contributed by atoms with E-state index in [1.54, 1.807) is 35.6 Å². The molecular formula is C18H17NO3S. The fourth-order valence-electron chi connectivity index (χ4n) is 2.58. The van der Waals surface area contributed by atoms with E-state index in [9.17, 15) is 4.79 Å². The Kier molecular flexibility index (Phi) is 4.94. The number of carbonyl (C=O) groups is 1. The molecule has 118 valence electrons. The Morgan fingerprint density at radius 1 is 1.17 bits per heavy atom. The van der Waals surface area contributed by atoms with Crippen molar-refractivity contribution in [1.29, 1.82) is 5.26 Å². The van der Waals surface area contributed by atoms with Gasteiger partial charge in [0.1, 0.15) is 23.8 Å². The van der Waals surface area contributed by atoms with E-state index in [-0.39, 0.29) is 12.6 Å². The van der Waals surface area contributed by atoms with Crippen molar-refractivity contribution in [1.82, 2.24) is 0 Å². The lowest BCUT2D eigenvalue weighted by atomic mass is 9.99. The zero-order valence-electron chi connectivity index (χ0n) is 12.7. The second kappa shape index (κ2) is 7.30. The average molecular weight is 327 g/mol. The highest BCUT2D eigenvalue weighted by atomic mass is 32.1. The molecule has 0 bridgehead atoms. The molecule has 0 saturated heterocycles. The van der Waals surface area contributed by atoms with Crippen LogP contribution in [0.25, 0.3) is 0 Å². The van der Waals surface area contributed by atoms with Gasteiger partial charge in [-0.2, -0.15) is 5.26 Å². The number of nitriles is 1. The Morgan fingerprint density at radius 3 is 2.70 bits per heavy atom. The number of hydrogen-bond donors (Lipinski definition) is 0. The number of rotatable bonds is 5. The van der Waals surface area contributed by atoms with Crippen molar-refractivity contribution < 1.29 is 14.3 Å². The quantitative estimate of drug-likeness (QED) is 0.620. The zero-order valence-corrected chi connectivity index (χ0v) is 13.5. The molecule has 1 aromatic heterocycles. The molecule has 1 aliphatic carbocycles. The summed E-state index contributed by atoms with van der Waals surface area (Å²) in [6.07, 6.45) is 4.56. The molecule has 1 heterocycles. The van der Waals surface area contributed by atoms with Crippen LogP contribution in [-0.4, -0.2) is 19.2 Å². The predicted octanol–water partition coefficient (Wildman–Crippen LogP) is 3.73. The van der Waals surface area contributed by atoms with Gasteiger partial charge in [-0.3, -0.25) is 0 Å². The molecule has 0 saturated carbocycles. The molecule has 1 aliphatic rings. The molecule has 2 aromatic rings. The number of carbonyl (C=O) groups excluding carboxylic acids is 1. The van der Waals surface area contributed by atoms with Crippen molar-refractivity contribution in [3.8, 4) is 11.8 Å². The maximum absolute atomic E-state index is 12.1. The first-order valence-electron chi connectivity index (χ1n) is 7.68. The van der Waals surface area contributed by atoms with Crippen molar-refractivity contribution in [2.75, 3.05) is 13.2 Å². The van der Waals surface area contributed by atoms with Crippen molar-refractivity contribution in [3.05, 3.63) is 51.2 Å². The van der Waals surface area contributed by atoms with E-state index in [1.165, 1.54) is 23.3 Å². The minimum Gasteiger partial charge on any atom is -0.490 e. The highest BCUT2D eigenvalue weighted by molar-refractivity contribution is 7.14. The summed E-state index contributed by atoms with van der Waals surface area (Å²) in [6.45, 7) is 0.504. The van der Waals surface area contributed by atoms with E-state index in [0.717, 1.165) is 12.8 Å². The molecule has 0 unspecified atom stereocenters. The van der Waals surface area contributed by atoms with Crippen LogP contribution < -0.4 is 4.74 Å². The summed E-state index contributed by atoms with van der Waals surface area (Å²) in [5.41, 5.74) is 1.90. The lowest BCUT2D eigenvalue weighted by Crippen LogP contribution is -2.11. The minimum absolute atomic E-state index is 0.210. The molecule has 0 radical (unpaired) electrons. The summed E-state index contributed by atoms with van der Waals surface area (Å²) < 4.78 is 10.8. The average Bonchev–Trinajstić information content (AvgIpc) is 3.03. The van der Waals surface area contributed by atoms with Crippen LogP contribution in [0.1, 0.15) is 38.5 Å². The van der Waals surface area contributed by atoms with Crippen LogP contribution in [-0.2, 0) is 17.6 Å². The first-order chi connectivity index (χ1) is 11.3. The molecule has 23 heavy (non-hydrogen) atoms. The van der Waals surface area contributed by atoms with Gasteiger partial charge in [-0.15, -0.1) is 11.3 Å². The first-order valence-corrected chi connectivity index (χ1v) is 8.49. The van der Waals surface area contributed by atoms with Crippen molar-refractivity contribution in [3.63, 3.8) is 0 Å². The minimum atomic E-state index is -0.271. The van der Waals surface area contributed by atoms with Crippen LogP contribution in [0.2, 0.25) is 0 Å². The second-order valence-corrected chi connectivity index (χ2v) is 6.52. The monoisotopic (exact) mass is 327 g/mol. The van der Waals surface area contributed by atoms with E-state index in [2.05, 4.69) is 6.07 Å². The highest BCUT2D eigenvalue weighted by Crippen LogP contribution is 2.29. The molecule has 0 aliphatic heterocycles. The van der Waals surface area contributed by atoms with E-state index < -0.39 is 0 Å². The summed E-state index contributed by atoms with van der Waals surface area (Å²) in [6, 6.07) is 10.9. The van der Waals surface area contributed by atoms with E-state index in [1.807, 2.05) is 6.07 Å². The lowest BCUT2D eigenvalue weighted by Gasteiger charge is -2.08. The number of esters is 1. The fourth-order valence-corrected chi connectivity index (χ4v) is 3.73. The molecule has 0 amide bonds. The van der Waals surface area contributed by atoms with E-state index in [4.69, 9.17) is 14.7 Å². The molecule has 4 nitrogen and oxygen atoms in total. The Balaban J connectivity index is 1.45. The molecular weight excluding hydrogens is 310 g/mol. The summed E-state index contributed by atoms with van der Waals surface area (Å²) in [4.78, 5) is 14.1. The topological polar surface area (TPSA) is 59.3 Å². The van der Waals surface area contributed by atoms with Gasteiger partial charge in [0.25, 0.3) is 0 Å². The SMILES string of the molecule is N#Cc1ccc(OCCOC(=O)c2cc3c(s2)CCCC3)cc1. The molecule has 1 aromatic carbocycles. The van der Waals surface area contributed by atoms with Gasteiger partial charge in [0.15, 0.2) is 0 Å². The number of hydrogen-bond acceptors (Lipinski definition) is 5. The van der Waals surface area contributed by atoms with Crippen molar-refractivity contribution in [2.45, 2.75) is 25.7 Å². The maximum Gasteiger partial charge on any atom is 0.348 e. The van der Waals surface area contributed by atoms with Gasteiger partial charge in [0.2, 0.25) is 0 Å².